The van der Waals surface area contributed by atoms with E-state index in [1.54, 1.807) is 24.4 Å². The van der Waals surface area contributed by atoms with Crippen molar-refractivity contribution in [1.82, 2.24) is 4.98 Å². The number of methoxy groups -OCH3 is 1. The Morgan fingerprint density at radius 3 is 2.78 bits per heavy atom. The molecule has 92 valence electrons. The van der Waals surface area contributed by atoms with Crippen LogP contribution in [0.1, 0.15) is 10.4 Å². The lowest BCUT2D eigenvalue weighted by molar-refractivity contribution is 0.0694. The quantitative estimate of drug-likeness (QED) is 0.866. The number of aromatic hydroxyl groups is 1. The van der Waals surface area contributed by atoms with Crippen molar-refractivity contribution in [1.29, 1.82) is 0 Å². The van der Waals surface area contributed by atoms with Gasteiger partial charge < -0.3 is 14.9 Å². The fourth-order valence-corrected chi connectivity index (χ4v) is 1.63. The van der Waals surface area contributed by atoms with Crippen LogP contribution in [0.2, 0.25) is 0 Å². The molecule has 0 atom stereocenters. The monoisotopic (exact) mass is 245 g/mol. The molecule has 2 aromatic rings. The highest BCUT2D eigenvalue weighted by Gasteiger charge is 2.13. The van der Waals surface area contributed by atoms with Gasteiger partial charge >= 0.3 is 5.97 Å². The zero-order valence-corrected chi connectivity index (χ0v) is 9.62. The maximum Gasteiger partial charge on any atom is 0.339 e. The first-order chi connectivity index (χ1) is 8.63. The number of ether oxygens (including phenoxy) is 1. The van der Waals surface area contributed by atoms with Crippen molar-refractivity contribution in [3.8, 4) is 22.8 Å². The van der Waals surface area contributed by atoms with Crippen LogP contribution in [0, 0.1) is 0 Å². The van der Waals surface area contributed by atoms with E-state index >= 15 is 0 Å². The summed E-state index contributed by atoms with van der Waals surface area (Å²) in [5, 5.41) is 18.4. The number of benzene rings is 1. The molecule has 0 saturated heterocycles. The van der Waals surface area contributed by atoms with E-state index in [4.69, 9.17) is 9.84 Å². The Balaban J connectivity index is 2.58. The molecule has 0 aliphatic carbocycles. The van der Waals surface area contributed by atoms with Gasteiger partial charge in [-0.25, -0.2) is 4.79 Å². The predicted octanol–water partition coefficient (Wildman–Crippen LogP) is 2.16. The van der Waals surface area contributed by atoms with Crippen LogP contribution in [0.3, 0.4) is 0 Å². The first-order valence-corrected chi connectivity index (χ1v) is 5.19. The van der Waals surface area contributed by atoms with E-state index in [1.807, 2.05) is 0 Å². The molecular formula is C13H11NO4. The molecule has 5 heteroatoms. The molecule has 0 aliphatic heterocycles. The molecule has 5 nitrogen and oxygen atoms in total. The Morgan fingerprint density at radius 1 is 1.33 bits per heavy atom. The van der Waals surface area contributed by atoms with E-state index in [0.29, 0.717) is 17.0 Å². The topological polar surface area (TPSA) is 79.7 Å². The van der Waals surface area contributed by atoms with Gasteiger partial charge in [0.1, 0.15) is 22.8 Å². The zero-order valence-electron chi connectivity index (χ0n) is 9.62. The number of nitrogens with zero attached hydrogens (tertiary/aromatic N) is 1. The molecule has 0 aliphatic rings. The van der Waals surface area contributed by atoms with Crippen molar-refractivity contribution >= 4 is 5.97 Å². The summed E-state index contributed by atoms with van der Waals surface area (Å²) in [7, 11) is 1.51. The summed E-state index contributed by atoms with van der Waals surface area (Å²) in [4.78, 5) is 15.1. The van der Waals surface area contributed by atoms with Crippen LogP contribution in [0.5, 0.6) is 11.5 Å². The van der Waals surface area contributed by atoms with Crippen molar-refractivity contribution in [2.75, 3.05) is 7.11 Å². The van der Waals surface area contributed by atoms with Crippen LogP contribution in [-0.4, -0.2) is 28.3 Å². The zero-order chi connectivity index (χ0) is 13.1. The minimum absolute atomic E-state index is 0.166. The summed E-state index contributed by atoms with van der Waals surface area (Å²) in [6.07, 6.45) is 1.59. The Kier molecular flexibility index (Phi) is 3.14. The second-order valence-corrected chi connectivity index (χ2v) is 3.59. The maximum atomic E-state index is 10.9. The molecule has 0 fully saturated rings. The SMILES string of the molecule is COc1cccnc1-c1ccc(O)c(C(=O)O)c1. The largest absolute Gasteiger partial charge is 0.507 e. The minimum atomic E-state index is -1.19. The molecule has 0 radical (unpaired) electrons. The van der Waals surface area contributed by atoms with Crippen molar-refractivity contribution < 1.29 is 19.7 Å². The smallest absolute Gasteiger partial charge is 0.339 e. The molecule has 0 saturated carbocycles. The van der Waals surface area contributed by atoms with Crippen molar-refractivity contribution in [3.63, 3.8) is 0 Å². The molecule has 18 heavy (non-hydrogen) atoms. The summed E-state index contributed by atoms with van der Waals surface area (Å²) in [5.74, 6) is -0.926. The van der Waals surface area contributed by atoms with Gasteiger partial charge in [-0.15, -0.1) is 0 Å². The lowest BCUT2D eigenvalue weighted by atomic mass is 10.1. The van der Waals surface area contributed by atoms with E-state index in [9.17, 15) is 9.90 Å². The fourth-order valence-electron chi connectivity index (χ4n) is 1.63. The van der Waals surface area contributed by atoms with Crippen LogP contribution >= 0.6 is 0 Å². The Labute approximate surface area is 103 Å². The standard InChI is InChI=1S/C13H11NO4/c1-18-11-3-2-6-14-12(11)8-4-5-10(15)9(7-8)13(16)17/h2-7,15H,1H3,(H,16,17). The van der Waals surface area contributed by atoms with Gasteiger partial charge in [-0.05, 0) is 30.3 Å². The minimum Gasteiger partial charge on any atom is -0.507 e. The summed E-state index contributed by atoms with van der Waals surface area (Å²) >= 11 is 0. The second kappa shape index (κ2) is 4.75. The number of hydrogen-bond donors (Lipinski definition) is 2. The van der Waals surface area contributed by atoms with Crippen molar-refractivity contribution in [2.45, 2.75) is 0 Å². The molecule has 2 rings (SSSR count). The molecule has 1 aromatic carbocycles. The van der Waals surface area contributed by atoms with Crippen molar-refractivity contribution in [3.05, 3.63) is 42.1 Å². The predicted molar refractivity (Wildman–Crippen MR) is 64.8 cm³/mol. The van der Waals surface area contributed by atoms with E-state index in [1.165, 1.54) is 19.2 Å². The number of pyridine rings is 1. The number of aromatic nitrogens is 1. The summed E-state index contributed by atoms with van der Waals surface area (Å²) in [5.41, 5.74) is 0.936. The summed E-state index contributed by atoms with van der Waals surface area (Å²) in [6, 6.07) is 7.73. The van der Waals surface area contributed by atoms with Crippen LogP contribution in [-0.2, 0) is 0 Å². The molecule has 0 spiro atoms. The van der Waals surface area contributed by atoms with Gasteiger partial charge in [0.05, 0.1) is 7.11 Å². The molecule has 1 aromatic heterocycles. The fraction of sp³-hybridized carbons (Fsp3) is 0.0769. The van der Waals surface area contributed by atoms with Crippen molar-refractivity contribution in [2.24, 2.45) is 0 Å². The summed E-state index contributed by atoms with van der Waals surface area (Å²) in [6.45, 7) is 0. The first kappa shape index (κ1) is 11.9. The molecule has 2 N–H and O–H groups in total. The highest BCUT2D eigenvalue weighted by Crippen LogP contribution is 2.30. The number of hydrogen-bond acceptors (Lipinski definition) is 4. The van der Waals surface area contributed by atoms with Crippen LogP contribution in [0.4, 0.5) is 0 Å². The average molecular weight is 245 g/mol. The van der Waals surface area contributed by atoms with Crippen LogP contribution < -0.4 is 4.74 Å². The molecule has 1 heterocycles. The maximum absolute atomic E-state index is 10.9. The number of carboxylic acids is 1. The molecule has 0 bridgehead atoms. The van der Waals surface area contributed by atoms with Crippen LogP contribution in [0.25, 0.3) is 11.3 Å². The Morgan fingerprint density at radius 2 is 2.11 bits per heavy atom. The van der Waals surface area contributed by atoms with E-state index in [0.717, 1.165) is 0 Å². The van der Waals surface area contributed by atoms with Gasteiger partial charge in [-0.2, -0.15) is 0 Å². The van der Waals surface area contributed by atoms with E-state index in [2.05, 4.69) is 4.98 Å². The molecule has 0 unspecified atom stereocenters. The third kappa shape index (κ3) is 2.10. The number of carboxylic acid groups (broad SMARTS) is 1. The van der Waals surface area contributed by atoms with E-state index < -0.39 is 5.97 Å². The number of rotatable bonds is 3. The lowest BCUT2D eigenvalue weighted by Gasteiger charge is -2.08. The number of aromatic carboxylic acids is 1. The number of phenols is 1. The highest BCUT2D eigenvalue weighted by molar-refractivity contribution is 5.92. The van der Waals surface area contributed by atoms with Gasteiger partial charge in [0.25, 0.3) is 0 Å². The van der Waals surface area contributed by atoms with Gasteiger partial charge in [0, 0.05) is 11.8 Å². The van der Waals surface area contributed by atoms with E-state index in [-0.39, 0.29) is 11.3 Å². The Hall–Kier alpha value is -2.56. The Bertz CT molecular complexity index is 595. The van der Waals surface area contributed by atoms with Gasteiger partial charge in [-0.3, -0.25) is 4.98 Å². The van der Waals surface area contributed by atoms with Crippen LogP contribution in [0.15, 0.2) is 36.5 Å². The first-order valence-electron chi connectivity index (χ1n) is 5.19. The highest BCUT2D eigenvalue weighted by atomic mass is 16.5. The van der Waals surface area contributed by atoms with Gasteiger partial charge in [0.2, 0.25) is 0 Å². The average Bonchev–Trinajstić information content (AvgIpc) is 2.39. The third-order valence-corrected chi connectivity index (χ3v) is 2.49. The van der Waals surface area contributed by atoms with Gasteiger partial charge in [0.15, 0.2) is 0 Å². The second-order valence-electron chi connectivity index (χ2n) is 3.59. The summed E-state index contributed by atoms with van der Waals surface area (Å²) < 4.78 is 5.16. The third-order valence-electron chi connectivity index (χ3n) is 2.49. The van der Waals surface area contributed by atoms with Gasteiger partial charge in [-0.1, -0.05) is 0 Å². The normalized spacial score (nSPS) is 10.1. The molecule has 0 amide bonds. The number of carbonyl (C=O) groups is 1. The molecular weight excluding hydrogens is 234 g/mol. The lowest BCUT2D eigenvalue weighted by Crippen LogP contribution is -1.98.